The van der Waals surface area contributed by atoms with E-state index in [1.54, 1.807) is 0 Å². The average molecular weight is 298 g/mol. The van der Waals surface area contributed by atoms with E-state index in [1.165, 1.54) is 18.3 Å². The number of nitrogens with one attached hydrogen (secondary N) is 2. The van der Waals surface area contributed by atoms with Crippen LogP contribution in [0, 0.1) is 5.82 Å². The molecule has 1 aromatic carbocycles. The lowest BCUT2D eigenvalue weighted by atomic mass is 10.2. The zero-order valence-electron chi connectivity index (χ0n) is 9.89. The maximum atomic E-state index is 13.6. The third-order valence-electron chi connectivity index (χ3n) is 2.45. The van der Waals surface area contributed by atoms with E-state index in [2.05, 4.69) is 20.7 Å². The van der Waals surface area contributed by atoms with E-state index >= 15 is 0 Å². The molecule has 0 atom stereocenters. The number of aromatic nitrogens is 2. The molecule has 7 nitrogen and oxygen atoms in total. The van der Waals surface area contributed by atoms with Gasteiger partial charge in [-0.2, -0.15) is 5.10 Å². The SMILES string of the molecule is NC(=NO)c1cn[nH]c1NC(=O)c1c(F)cccc1Cl. The quantitative estimate of drug-likeness (QED) is 0.297. The molecular weight excluding hydrogens is 289 g/mol. The van der Waals surface area contributed by atoms with Crippen LogP contribution in [0.25, 0.3) is 0 Å². The molecule has 0 fully saturated rings. The van der Waals surface area contributed by atoms with E-state index in [0.29, 0.717) is 0 Å². The smallest absolute Gasteiger partial charge is 0.261 e. The highest BCUT2D eigenvalue weighted by Gasteiger charge is 2.18. The first-order valence-electron chi connectivity index (χ1n) is 5.31. The number of anilines is 1. The number of halogens is 2. The number of nitrogens with zero attached hydrogens (tertiary/aromatic N) is 2. The Labute approximate surface area is 117 Å². The van der Waals surface area contributed by atoms with Gasteiger partial charge in [0.05, 0.1) is 22.3 Å². The number of carbonyl (C=O) groups is 1. The molecule has 0 saturated heterocycles. The molecule has 0 bridgehead atoms. The van der Waals surface area contributed by atoms with E-state index < -0.39 is 11.7 Å². The van der Waals surface area contributed by atoms with Gasteiger partial charge in [0.1, 0.15) is 11.6 Å². The van der Waals surface area contributed by atoms with E-state index in [4.69, 9.17) is 22.5 Å². The summed E-state index contributed by atoms with van der Waals surface area (Å²) in [6.07, 6.45) is 1.24. The van der Waals surface area contributed by atoms with E-state index in [0.717, 1.165) is 6.07 Å². The third kappa shape index (κ3) is 2.54. The van der Waals surface area contributed by atoms with Crippen LogP contribution >= 0.6 is 11.6 Å². The molecule has 0 aliphatic heterocycles. The van der Waals surface area contributed by atoms with Gasteiger partial charge in [-0.1, -0.05) is 22.8 Å². The number of oxime groups is 1. The summed E-state index contributed by atoms with van der Waals surface area (Å²) in [7, 11) is 0. The summed E-state index contributed by atoms with van der Waals surface area (Å²) in [5.41, 5.74) is 5.25. The van der Waals surface area contributed by atoms with E-state index in [1.807, 2.05) is 0 Å². The standard InChI is InChI=1S/C11H9ClFN5O2/c12-6-2-1-3-7(13)8(6)11(19)16-10-5(4-15-17-10)9(14)18-20/h1-4,20H,(H2,14,18)(H2,15,16,17,19). The maximum absolute atomic E-state index is 13.6. The summed E-state index contributed by atoms with van der Waals surface area (Å²) in [6, 6.07) is 3.88. The van der Waals surface area contributed by atoms with Gasteiger partial charge in [0.15, 0.2) is 5.84 Å². The number of amidine groups is 1. The van der Waals surface area contributed by atoms with Crippen molar-refractivity contribution in [2.24, 2.45) is 10.9 Å². The van der Waals surface area contributed by atoms with Crippen LogP contribution in [0.4, 0.5) is 10.2 Å². The van der Waals surface area contributed by atoms with Gasteiger partial charge in [0, 0.05) is 0 Å². The Hall–Kier alpha value is -2.61. The zero-order valence-corrected chi connectivity index (χ0v) is 10.6. The van der Waals surface area contributed by atoms with Gasteiger partial charge >= 0.3 is 0 Å². The van der Waals surface area contributed by atoms with Gasteiger partial charge in [-0.15, -0.1) is 0 Å². The molecule has 0 aliphatic carbocycles. The molecule has 0 spiro atoms. The second-order valence-corrected chi connectivity index (χ2v) is 4.10. The van der Waals surface area contributed by atoms with Crippen molar-refractivity contribution in [3.8, 4) is 0 Å². The zero-order chi connectivity index (χ0) is 14.7. The Morgan fingerprint density at radius 3 is 2.95 bits per heavy atom. The number of carbonyl (C=O) groups excluding carboxylic acids is 1. The van der Waals surface area contributed by atoms with Crippen LogP contribution in [-0.4, -0.2) is 27.1 Å². The van der Waals surface area contributed by atoms with Crippen molar-refractivity contribution in [3.63, 3.8) is 0 Å². The molecule has 2 aromatic rings. The van der Waals surface area contributed by atoms with E-state index in [9.17, 15) is 9.18 Å². The summed E-state index contributed by atoms with van der Waals surface area (Å²) >= 11 is 5.78. The molecule has 0 saturated carbocycles. The van der Waals surface area contributed by atoms with Crippen molar-refractivity contribution < 1.29 is 14.4 Å². The van der Waals surface area contributed by atoms with Gasteiger partial charge in [0.2, 0.25) is 0 Å². The Kier molecular flexibility index (Phi) is 3.85. The van der Waals surface area contributed by atoms with Crippen LogP contribution in [-0.2, 0) is 0 Å². The van der Waals surface area contributed by atoms with Gasteiger partial charge in [-0.3, -0.25) is 9.89 Å². The molecule has 5 N–H and O–H groups in total. The highest BCUT2D eigenvalue weighted by atomic mass is 35.5. The van der Waals surface area contributed by atoms with Gasteiger partial charge in [0.25, 0.3) is 5.91 Å². The summed E-state index contributed by atoms with van der Waals surface area (Å²) < 4.78 is 13.6. The number of hydrogen-bond acceptors (Lipinski definition) is 4. The summed E-state index contributed by atoms with van der Waals surface area (Å²) in [4.78, 5) is 12.0. The number of hydrogen-bond donors (Lipinski definition) is 4. The highest BCUT2D eigenvalue weighted by Crippen LogP contribution is 2.21. The number of rotatable bonds is 3. The molecular formula is C11H9ClFN5O2. The highest BCUT2D eigenvalue weighted by molar-refractivity contribution is 6.34. The van der Waals surface area contributed by atoms with Crippen molar-refractivity contribution in [2.45, 2.75) is 0 Å². The molecule has 2 rings (SSSR count). The molecule has 0 unspecified atom stereocenters. The van der Waals surface area contributed by atoms with E-state index in [-0.39, 0.29) is 27.8 Å². The van der Waals surface area contributed by atoms with Gasteiger partial charge < -0.3 is 16.3 Å². The lowest BCUT2D eigenvalue weighted by Crippen LogP contribution is -2.19. The minimum absolute atomic E-state index is 0.0348. The minimum Gasteiger partial charge on any atom is -0.409 e. The fourth-order valence-corrected chi connectivity index (χ4v) is 1.77. The largest absolute Gasteiger partial charge is 0.409 e. The molecule has 0 radical (unpaired) electrons. The topological polar surface area (TPSA) is 116 Å². The minimum atomic E-state index is -0.788. The molecule has 20 heavy (non-hydrogen) atoms. The summed E-state index contributed by atoms with van der Waals surface area (Å²) in [5, 5.41) is 19.8. The van der Waals surface area contributed by atoms with Crippen LogP contribution < -0.4 is 11.1 Å². The molecule has 1 amide bonds. The van der Waals surface area contributed by atoms with Crippen LogP contribution in [0.5, 0.6) is 0 Å². The average Bonchev–Trinajstić information content (AvgIpc) is 2.85. The van der Waals surface area contributed by atoms with Gasteiger partial charge in [-0.25, -0.2) is 4.39 Å². The lowest BCUT2D eigenvalue weighted by Gasteiger charge is -2.07. The first-order valence-corrected chi connectivity index (χ1v) is 5.69. The fraction of sp³-hybridized carbons (Fsp3) is 0. The predicted octanol–water partition coefficient (Wildman–Crippen LogP) is 1.55. The Balaban J connectivity index is 2.32. The Morgan fingerprint density at radius 1 is 1.55 bits per heavy atom. The molecule has 104 valence electrons. The number of H-pyrrole nitrogens is 1. The van der Waals surface area contributed by atoms with Crippen molar-refractivity contribution >= 4 is 29.2 Å². The Bertz CT molecular complexity index is 665. The second kappa shape index (κ2) is 5.57. The summed E-state index contributed by atoms with van der Waals surface area (Å²) in [5.74, 6) is -1.75. The monoisotopic (exact) mass is 297 g/mol. The molecule has 0 aliphatic rings. The first-order chi connectivity index (χ1) is 9.54. The number of amides is 1. The molecule has 9 heteroatoms. The van der Waals surface area contributed by atoms with Crippen LogP contribution in [0.3, 0.4) is 0 Å². The summed E-state index contributed by atoms with van der Waals surface area (Å²) in [6.45, 7) is 0. The fourth-order valence-electron chi connectivity index (χ4n) is 1.52. The number of benzene rings is 1. The Morgan fingerprint density at radius 2 is 2.30 bits per heavy atom. The van der Waals surface area contributed by atoms with Crippen molar-refractivity contribution in [2.75, 3.05) is 5.32 Å². The maximum Gasteiger partial charge on any atom is 0.261 e. The first kappa shape index (κ1) is 13.8. The predicted molar refractivity (Wildman–Crippen MR) is 70.5 cm³/mol. The normalized spacial score (nSPS) is 11.4. The van der Waals surface area contributed by atoms with Crippen LogP contribution in [0.1, 0.15) is 15.9 Å². The number of nitrogens with two attached hydrogens (primary N) is 1. The van der Waals surface area contributed by atoms with Gasteiger partial charge in [-0.05, 0) is 12.1 Å². The van der Waals surface area contributed by atoms with Crippen LogP contribution in [0.15, 0.2) is 29.6 Å². The second-order valence-electron chi connectivity index (χ2n) is 3.69. The van der Waals surface area contributed by atoms with Crippen LogP contribution in [0.2, 0.25) is 5.02 Å². The van der Waals surface area contributed by atoms with Crippen molar-refractivity contribution in [1.82, 2.24) is 10.2 Å². The van der Waals surface area contributed by atoms with Crippen molar-refractivity contribution in [1.29, 1.82) is 0 Å². The number of aromatic amines is 1. The lowest BCUT2D eigenvalue weighted by molar-refractivity contribution is 0.102. The molecule has 1 heterocycles. The third-order valence-corrected chi connectivity index (χ3v) is 2.77. The molecule has 1 aromatic heterocycles. The van der Waals surface area contributed by atoms with Crippen molar-refractivity contribution in [3.05, 3.63) is 46.4 Å².